The van der Waals surface area contributed by atoms with Gasteiger partial charge in [0.05, 0.1) is 0 Å². The van der Waals surface area contributed by atoms with E-state index in [-0.39, 0.29) is 0 Å². The summed E-state index contributed by atoms with van der Waals surface area (Å²) in [6, 6.07) is 0.479. The molecule has 1 aliphatic carbocycles. The normalized spacial score (nSPS) is 30.6. The Hall–Kier alpha value is -0.370. The Morgan fingerprint density at radius 1 is 1.55 bits per heavy atom. The molecule has 2 heteroatoms. The molecule has 1 fully saturated rings. The van der Waals surface area contributed by atoms with E-state index in [1.807, 2.05) is 0 Å². The van der Waals surface area contributed by atoms with Crippen LogP contribution in [-0.4, -0.2) is 18.9 Å². The van der Waals surface area contributed by atoms with Gasteiger partial charge in [-0.3, -0.25) is 0 Å². The van der Waals surface area contributed by atoms with Crippen LogP contribution < -0.4 is 5.32 Å². The SMILES string of the molecule is CCCNC1CCCC1C=O. The smallest absolute Gasteiger partial charge is 0.124 e. The van der Waals surface area contributed by atoms with Crippen LogP contribution in [0.15, 0.2) is 0 Å². The number of hydrogen-bond acceptors (Lipinski definition) is 2. The molecule has 0 amide bonds. The van der Waals surface area contributed by atoms with Gasteiger partial charge < -0.3 is 10.1 Å². The molecule has 0 aromatic carbocycles. The lowest BCUT2D eigenvalue weighted by molar-refractivity contribution is -0.111. The fourth-order valence-electron chi connectivity index (χ4n) is 1.73. The van der Waals surface area contributed by atoms with Gasteiger partial charge in [-0.15, -0.1) is 0 Å². The predicted octanol–water partition coefficient (Wildman–Crippen LogP) is 1.35. The van der Waals surface area contributed by atoms with Gasteiger partial charge in [0, 0.05) is 12.0 Å². The van der Waals surface area contributed by atoms with E-state index >= 15 is 0 Å². The molecule has 1 rings (SSSR count). The fraction of sp³-hybridized carbons (Fsp3) is 0.889. The highest BCUT2D eigenvalue weighted by Crippen LogP contribution is 2.23. The number of nitrogens with one attached hydrogen (secondary N) is 1. The van der Waals surface area contributed by atoms with Gasteiger partial charge in [0.25, 0.3) is 0 Å². The Bertz CT molecular complexity index is 125. The summed E-state index contributed by atoms with van der Waals surface area (Å²) in [6.07, 6.45) is 5.75. The molecule has 1 aliphatic rings. The largest absolute Gasteiger partial charge is 0.313 e. The lowest BCUT2D eigenvalue weighted by Gasteiger charge is -2.15. The quantitative estimate of drug-likeness (QED) is 0.621. The van der Waals surface area contributed by atoms with E-state index in [2.05, 4.69) is 12.2 Å². The monoisotopic (exact) mass is 155 g/mol. The third kappa shape index (κ3) is 2.29. The lowest BCUT2D eigenvalue weighted by atomic mass is 10.1. The summed E-state index contributed by atoms with van der Waals surface area (Å²) in [4.78, 5) is 10.5. The minimum atomic E-state index is 0.293. The molecule has 0 aromatic rings. The van der Waals surface area contributed by atoms with E-state index in [0.29, 0.717) is 12.0 Å². The van der Waals surface area contributed by atoms with Crippen LogP contribution in [0.1, 0.15) is 32.6 Å². The third-order valence-electron chi connectivity index (χ3n) is 2.40. The summed E-state index contributed by atoms with van der Waals surface area (Å²) >= 11 is 0. The minimum absolute atomic E-state index is 0.293. The van der Waals surface area contributed by atoms with Gasteiger partial charge in [-0.2, -0.15) is 0 Å². The van der Waals surface area contributed by atoms with Crippen LogP contribution in [-0.2, 0) is 4.79 Å². The van der Waals surface area contributed by atoms with Crippen molar-refractivity contribution >= 4 is 6.29 Å². The third-order valence-corrected chi connectivity index (χ3v) is 2.40. The summed E-state index contributed by atoms with van der Waals surface area (Å²) in [6.45, 7) is 3.20. The van der Waals surface area contributed by atoms with Gasteiger partial charge in [-0.25, -0.2) is 0 Å². The molecule has 1 N–H and O–H groups in total. The van der Waals surface area contributed by atoms with Gasteiger partial charge in [0.15, 0.2) is 0 Å². The van der Waals surface area contributed by atoms with E-state index in [9.17, 15) is 4.79 Å². The predicted molar refractivity (Wildman–Crippen MR) is 45.5 cm³/mol. The first-order valence-electron chi connectivity index (χ1n) is 4.57. The zero-order valence-electron chi connectivity index (χ0n) is 7.18. The second kappa shape index (κ2) is 4.50. The lowest BCUT2D eigenvalue weighted by Crippen LogP contribution is -2.33. The second-order valence-electron chi connectivity index (χ2n) is 3.29. The van der Waals surface area contributed by atoms with Crippen molar-refractivity contribution in [2.24, 2.45) is 5.92 Å². The molecule has 0 spiro atoms. The van der Waals surface area contributed by atoms with Gasteiger partial charge in [0.2, 0.25) is 0 Å². The number of aldehydes is 1. The Morgan fingerprint density at radius 3 is 3.00 bits per heavy atom. The summed E-state index contributed by atoms with van der Waals surface area (Å²) in [5, 5.41) is 3.40. The highest BCUT2D eigenvalue weighted by Gasteiger charge is 2.25. The maximum atomic E-state index is 10.5. The molecule has 2 nitrogen and oxygen atoms in total. The molecule has 2 unspecified atom stereocenters. The molecule has 64 valence electrons. The van der Waals surface area contributed by atoms with Crippen LogP contribution in [0.25, 0.3) is 0 Å². The van der Waals surface area contributed by atoms with Crippen LogP contribution in [0.3, 0.4) is 0 Å². The first kappa shape index (κ1) is 8.72. The number of carbonyl (C=O) groups excluding carboxylic acids is 1. The second-order valence-corrected chi connectivity index (χ2v) is 3.29. The van der Waals surface area contributed by atoms with E-state index in [4.69, 9.17) is 0 Å². The van der Waals surface area contributed by atoms with Crippen LogP contribution in [0.2, 0.25) is 0 Å². The average molecular weight is 155 g/mol. The van der Waals surface area contributed by atoms with Crippen molar-refractivity contribution in [2.75, 3.05) is 6.54 Å². The Morgan fingerprint density at radius 2 is 2.36 bits per heavy atom. The number of hydrogen-bond donors (Lipinski definition) is 1. The van der Waals surface area contributed by atoms with Crippen LogP contribution >= 0.6 is 0 Å². The average Bonchev–Trinajstić information content (AvgIpc) is 2.47. The molecule has 0 radical (unpaired) electrons. The summed E-state index contributed by atoms with van der Waals surface area (Å²) in [5.41, 5.74) is 0. The van der Waals surface area contributed by atoms with Gasteiger partial charge in [-0.1, -0.05) is 13.3 Å². The highest BCUT2D eigenvalue weighted by atomic mass is 16.1. The van der Waals surface area contributed by atoms with Crippen LogP contribution in [0, 0.1) is 5.92 Å². The van der Waals surface area contributed by atoms with Crippen molar-refractivity contribution in [2.45, 2.75) is 38.6 Å². The summed E-state index contributed by atoms with van der Waals surface area (Å²) in [5.74, 6) is 0.293. The Balaban J connectivity index is 2.25. The Kier molecular flexibility index (Phi) is 3.57. The van der Waals surface area contributed by atoms with Crippen molar-refractivity contribution in [3.63, 3.8) is 0 Å². The van der Waals surface area contributed by atoms with Gasteiger partial charge >= 0.3 is 0 Å². The summed E-state index contributed by atoms with van der Waals surface area (Å²) in [7, 11) is 0. The molecule has 0 saturated heterocycles. The van der Waals surface area contributed by atoms with Crippen LogP contribution in [0.4, 0.5) is 0 Å². The Labute approximate surface area is 68.4 Å². The van der Waals surface area contributed by atoms with Crippen molar-refractivity contribution in [3.05, 3.63) is 0 Å². The molecule has 0 aliphatic heterocycles. The molecular weight excluding hydrogens is 138 g/mol. The molecule has 11 heavy (non-hydrogen) atoms. The fourth-order valence-corrected chi connectivity index (χ4v) is 1.73. The number of rotatable bonds is 4. The maximum Gasteiger partial charge on any atom is 0.124 e. The molecule has 2 atom stereocenters. The van der Waals surface area contributed by atoms with Gasteiger partial charge in [-0.05, 0) is 25.8 Å². The zero-order chi connectivity index (χ0) is 8.10. The van der Waals surface area contributed by atoms with Crippen molar-refractivity contribution in [1.29, 1.82) is 0 Å². The van der Waals surface area contributed by atoms with E-state index in [0.717, 1.165) is 25.7 Å². The minimum Gasteiger partial charge on any atom is -0.313 e. The van der Waals surface area contributed by atoms with Crippen molar-refractivity contribution < 1.29 is 4.79 Å². The topological polar surface area (TPSA) is 29.1 Å². The van der Waals surface area contributed by atoms with Crippen LogP contribution in [0.5, 0.6) is 0 Å². The number of carbonyl (C=O) groups is 1. The standard InChI is InChI=1S/C9H17NO/c1-2-6-10-9-5-3-4-8(9)7-11/h7-10H,2-6H2,1H3. The van der Waals surface area contributed by atoms with Gasteiger partial charge in [0.1, 0.15) is 6.29 Å². The van der Waals surface area contributed by atoms with Crippen molar-refractivity contribution in [1.82, 2.24) is 5.32 Å². The van der Waals surface area contributed by atoms with E-state index in [1.165, 1.54) is 12.8 Å². The van der Waals surface area contributed by atoms with E-state index in [1.54, 1.807) is 0 Å². The first-order valence-corrected chi connectivity index (χ1v) is 4.57. The van der Waals surface area contributed by atoms with E-state index < -0.39 is 0 Å². The maximum absolute atomic E-state index is 10.5. The zero-order valence-corrected chi connectivity index (χ0v) is 7.18. The molecule has 1 saturated carbocycles. The molecule has 0 heterocycles. The first-order chi connectivity index (χ1) is 5.38. The molecule has 0 bridgehead atoms. The summed E-state index contributed by atoms with van der Waals surface area (Å²) < 4.78 is 0. The molecular formula is C9H17NO. The molecule has 0 aromatic heterocycles. The van der Waals surface area contributed by atoms with Crippen molar-refractivity contribution in [3.8, 4) is 0 Å². The highest BCUT2D eigenvalue weighted by molar-refractivity contribution is 5.55.